The van der Waals surface area contributed by atoms with Crippen molar-refractivity contribution in [1.82, 2.24) is 0 Å². The fourth-order valence-corrected chi connectivity index (χ4v) is 4.11. The van der Waals surface area contributed by atoms with Gasteiger partial charge in [-0.25, -0.2) is 4.79 Å². The Labute approximate surface area is 212 Å². The van der Waals surface area contributed by atoms with Crippen LogP contribution in [0.3, 0.4) is 0 Å². The van der Waals surface area contributed by atoms with Gasteiger partial charge in [-0.2, -0.15) is 0 Å². The van der Waals surface area contributed by atoms with Crippen LogP contribution in [0.5, 0.6) is 17.2 Å². The van der Waals surface area contributed by atoms with Crippen LogP contribution in [0.1, 0.15) is 37.0 Å². The lowest BCUT2D eigenvalue weighted by Gasteiger charge is -2.21. The van der Waals surface area contributed by atoms with E-state index < -0.39 is 6.10 Å². The fraction of sp³-hybridized carbons (Fsp3) is 0.300. The Bertz CT molecular complexity index is 1120. The summed E-state index contributed by atoms with van der Waals surface area (Å²) in [4.78, 5) is 12.1. The summed E-state index contributed by atoms with van der Waals surface area (Å²) in [5.74, 6) is 2.03. The second-order valence-corrected chi connectivity index (χ2v) is 8.20. The van der Waals surface area contributed by atoms with E-state index in [1.54, 1.807) is 6.92 Å². The van der Waals surface area contributed by atoms with Crippen LogP contribution in [0.15, 0.2) is 78.9 Å². The first-order chi connectivity index (χ1) is 17.7. The number of benzene rings is 3. The first-order valence-corrected chi connectivity index (χ1v) is 12.3. The summed E-state index contributed by atoms with van der Waals surface area (Å²) < 4.78 is 28.4. The molecule has 0 spiro atoms. The maximum absolute atomic E-state index is 12.1. The average Bonchev–Trinajstić information content (AvgIpc) is 2.89. The van der Waals surface area contributed by atoms with Crippen LogP contribution in [-0.2, 0) is 20.7 Å². The predicted molar refractivity (Wildman–Crippen MR) is 138 cm³/mol. The van der Waals surface area contributed by atoms with Gasteiger partial charge in [0, 0.05) is 30.6 Å². The smallest absolute Gasteiger partial charge is 0.335 e. The molecule has 0 amide bonds. The third-order valence-corrected chi connectivity index (χ3v) is 5.78. The second kappa shape index (κ2) is 12.8. The Balaban J connectivity index is 1.41. The van der Waals surface area contributed by atoms with E-state index >= 15 is 0 Å². The molecule has 3 aromatic carbocycles. The standard InChI is InChI=1S/C30H32O6/c1-3-32-29(30(31)33-4-2)20-22-15-17-23(18-16-22)34-19-9-12-24-25-10-5-7-13-27(25)35-21-36-28-14-8-6-11-26(24)28/h5-8,10-18,29H,3-4,9,19-21H2,1-2H3. The highest BCUT2D eigenvalue weighted by Gasteiger charge is 2.21. The van der Waals surface area contributed by atoms with E-state index in [0.29, 0.717) is 32.7 Å². The van der Waals surface area contributed by atoms with E-state index in [0.717, 1.165) is 39.5 Å². The number of carbonyl (C=O) groups is 1. The zero-order valence-corrected chi connectivity index (χ0v) is 20.8. The van der Waals surface area contributed by atoms with Crippen molar-refractivity contribution in [2.24, 2.45) is 0 Å². The lowest BCUT2D eigenvalue weighted by Crippen LogP contribution is -2.28. The van der Waals surface area contributed by atoms with Gasteiger partial charge in [-0.05, 0) is 49.2 Å². The second-order valence-electron chi connectivity index (χ2n) is 8.20. The van der Waals surface area contributed by atoms with Crippen molar-refractivity contribution < 1.29 is 28.5 Å². The van der Waals surface area contributed by atoms with Gasteiger partial charge in [0.25, 0.3) is 0 Å². The van der Waals surface area contributed by atoms with Gasteiger partial charge in [-0.15, -0.1) is 0 Å². The summed E-state index contributed by atoms with van der Waals surface area (Å²) in [5.41, 5.74) is 4.10. The normalized spacial score (nSPS) is 13.1. The van der Waals surface area contributed by atoms with Crippen molar-refractivity contribution in [3.8, 4) is 17.2 Å². The van der Waals surface area contributed by atoms with Crippen molar-refractivity contribution in [2.45, 2.75) is 32.8 Å². The van der Waals surface area contributed by atoms with Crippen molar-refractivity contribution in [1.29, 1.82) is 0 Å². The van der Waals surface area contributed by atoms with Gasteiger partial charge in [-0.3, -0.25) is 0 Å². The van der Waals surface area contributed by atoms with Gasteiger partial charge in [-0.1, -0.05) is 54.6 Å². The zero-order valence-electron chi connectivity index (χ0n) is 20.8. The molecule has 0 radical (unpaired) electrons. The number of fused-ring (bicyclic) bond motifs is 2. The molecule has 0 saturated carbocycles. The summed E-state index contributed by atoms with van der Waals surface area (Å²) in [6.45, 7) is 5.13. The number of esters is 1. The van der Waals surface area contributed by atoms with E-state index in [4.69, 9.17) is 23.7 Å². The van der Waals surface area contributed by atoms with Gasteiger partial charge in [0.05, 0.1) is 13.2 Å². The number of hydrogen-bond donors (Lipinski definition) is 0. The van der Waals surface area contributed by atoms with Crippen LogP contribution < -0.4 is 14.2 Å². The molecule has 6 nitrogen and oxygen atoms in total. The maximum atomic E-state index is 12.1. The van der Waals surface area contributed by atoms with Gasteiger partial charge < -0.3 is 23.7 Å². The monoisotopic (exact) mass is 488 g/mol. The molecule has 1 heterocycles. The quantitative estimate of drug-likeness (QED) is 0.264. The fourth-order valence-electron chi connectivity index (χ4n) is 4.11. The van der Waals surface area contributed by atoms with Crippen LogP contribution in [-0.4, -0.2) is 38.7 Å². The molecule has 6 heteroatoms. The Kier molecular flexibility index (Phi) is 9.00. The lowest BCUT2D eigenvalue weighted by atomic mass is 9.95. The van der Waals surface area contributed by atoms with Crippen molar-refractivity contribution >= 4 is 11.5 Å². The van der Waals surface area contributed by atoms with Crippen molar-refractivity contribution in [3.63, 3.8) is 0 Å². The summed E-state index contributed by atoms with van der Waals surface area (Å²) in [6.07, 6.45) is 2.73. The number of hydrogen-bond acceptors (Lipinski definition) is 6. The van der Waals surface area contributed by atoms with Crippen molar-refractivity contribution in [2.75, 3.05) is 26.6 Å². The summed E-state index contributed by atoms with van der Waals surface area (Å²) in [6, 6.07) is 23.7. The molecule has 4 rings (SSSR count). The predicted octanol–water partition coefficient (Wildman–Crippen LogP) is 5.83. The van der Waals surface area contributed by atoms with Gasteiger partial charge in [0.1, 0.15) is 17.2 Å². The minimum Gasteiger partial charge on any atom is -0.493 e. The van der Waals surface area contributed by atoms with Gasteiger partial charge in [0.15, 0.2) is 6.10 Å². The van der Waals surface area contributed by atoms with Crippen LogP contribution >= 0.6 is 0 Å². The Morgan fingerprint density at radius 2 is 1.53 bits per heavy atom. The number of rotatable bonds is 10. The molecule has 0 bridgehead atoms. The van der Waals surface area contributed by atoms with Crippen LogP contribution in [0.25, 0.3) is 5.57 Å². The molecule has 3 aromatic rings. The number of carbonyl (C=O) groups excluding carboxylic acids is 1. The number of ether oxygens (including phenoxy) is 5. The molecule has 1 atom stereocenters. The zero-order chi connectivity index (χ0) is 25.2. The molecule has 1 unspecified atom stereocenters. The molecule has 0 N–H and O–H groups in total. The molecular weight excluding hydrogens is 456 g/mol. The Morgan fingerprint density at radius 3 is 2.14 bits per heavy atom. The van der Waals surface area contributed by atoms with E-state index in [1.807, 2.05) is 67.6 Å². The van der Waals surface area contributed by atoms with E-state index in [2.05, 4.69) is 18.2 Å². The molecule has 0 fully saturated rings. The van der Waals surface area contributed by atoms with Crippen LogP contribution in [0.4, 0.5) is 0 Å². The minimum absolute atomic E-state index is 0.172. The van der Waals surface area contributed by atoms with Gasteiger partial charge in [0.2, 0.25) is 6.79 Å². The van der Waals surface area contributed by atoms with Crippen LogP contribution in [0, 0.1) is 0 Å². The summed E-state index contributed by atoms with van der Waals surface area (Å²) in [5, 5.41) is 0. The molecule has 0 aliphatic carbocycles. The highest BCUT2D eigenvalue weighted by atomic mass is 16.7. The molecule has 0 saturated heterocycles. The van der Waals surface area contributed by atoms with Crippen molar-refractivity contribution in [3.05, 3.63) is 95.6 Å². The average molecular weight is 489 g/mol. The van der Waals surface area contributed by atoms with Crippen LogP contribution in [0.2, 0.25) is 0 Å². The van der Waals surface area contributed by atoms with Gasteiger partial charge >= 0.3 is 5.97 Å². The van der Waals surface area contributed by atoms with E-state index in [-0.39, 0.29) is 12.8 Å². The maximum Gasteiger partial charge on any atom is 0.335 e. The Hall–Kier alpha value is -3.77. The molecular formula is C30H32O6. The molecule has 1 aliphatic rings. The third-order valence-electron chi connectivity index (χ3n) is 5.78. The third kappa shape index (κ3) is 6.46. The molecule has 188 valence electrons. The molecule has 0 aromatic heterocycles. The Morgan fingerprint density at radius 1 is 0.889 bits per heavy atom. The first-order valence-electron chi connectivity index (χ1n) is 12.3. The lowest BCUT2D eigenvalue weighted by molar-refractivity contribution is -0.156. The highest BCUT2D eigenvalue weighted by Crippen LogP contribution is 2.37. The first kappa shape index (κ1) is 25.3. The SMILES string of the molecule is CCOC(=O)C(Cc1ccc(OCCC=C2c3ccccc3OCOc3ccccc32)cc1)OCC. The minimum atomic E-state index is -0.601. The molecule has 1 aliphatic heterocycles. The largest absolute Gasteiger partial charge is 0.493 e. The summed E-state index contributed by atoms with van der Waals surface area (Å²) in [7, 11) is 0. The van der Waals surface area contributed by atoms with E-state index in [1.165, 1.54) is 0 Å². The topological polar surface area (TPSA) is 63.2 Å². The summed E-state index contributed by atoms with van der Waals surface area (Å²) >= 11 is 0. The van der Waals surface area contributed by atoms with E-state index in [9.17, 15) is 4.79 Å². The molecule has 36 heavy (non-hydrogen) atoms. The number of para-hydroxylation sites is 2. The highest BCUT2D eigenvalue weighted by molar-refractivity contribution is 5.85.